The molecule has 1 aliphatic heterocycles. The van der Waals surface area contributed by atoms with Gasteiger partial charge >= 0.3 is 5.97 Å². The molecule has 0 radical (unpaired) electrons. The third kappa shape index (κ3) is 2.42. The highest BCUT2D eigenvalue weighted by Crippen LogP contribution is 2.24. The smallest absolute Gasteiger partial charge is 0.312 e. The second-order valence-electron chi connectivity index (χ2n) is 4.58. The summed E-state index contributed by atoms with van der Waals surface area (Å²) in [6.07, 6.45) is 0. The van der Waals surface area contributed by atoms with Crippen LogP contribution in [0.5, 0.6) is 0 Å². The quantitative estimate of drug-likeness (QED) is 0.479. The van der Waals surface area contributed by atoms with E-state index < -0.39 is 5.60 Å². The van der Waals surface area contributed by atoms with E-state index in [0.717, 1.165) is 0 Å². The highest BCUT2D eigenvalue weighted by Gasteiger charge is 2.41. The zero-order valence-electron chi connectivity index (χ0n) is 8.70. The molecule has 2 atom stereocenters. The monoisotopic (exact) mass is 186 g/mol. The van der Waals surface area contributed by atoms with Crippen LogP contribution in [0.2, 0.25) is 0 Å². The molecule has 0 saturated carbocycles. The van der Waals surface area contributed by atoms with Crippen molar-refractivity contribution in [3.8, 4) is 0 Å². The average Bonchev–Trinajstić information content (AvgIpc) is 1.95. The second-order valence-corrected chi connectivity index (χ2v) is 4.58. The second kappa shape index (κ2) is 3.27. The number of hydrogen-bond donors (Lipinski definition) is 1. The Morgan fingerprint density at radius 1 is 1.54 bits per heavy atom. The SMILES string of the molecule is CC1C(C(=O)OC(C)(C)C)CN1N. The molecule has 1 heterocycles. The van der Waals surface area contributed by atoms with Gasteiger partial charge in [-0.05, 0) is 27.7 Å². The lowest BCUT2D eigenvalue weighted by atomic mass is 9.92. The fourth-order valence-electron chi connectivity index (χ4n) is 1.29. The molecule has 1 fully saturated rings. The highest BCUT2D eigenvalue weighted by atomic mass is 16.6. The Morgan fingerprint density at radius 3 is 2.38 bits per heavy atom. The van der Waals surface area contributed by atoms with Gasteiger partial charge in [-0.1, -0.05) is 0 Å². The van der Waals surface area contributed by atoms with Crippen molar-refractivity contribution in [2.24, 2.45) is 11.8 Å². The summed E-state index contributed by atoms with van der Waals surface area (Å²) >= 11 is 0. The summed E-state index contributed by atoms with van der Waals surface area (Å²) in [5, 5.41) is 1.65. The van der Waals surface area contributed by atoms with Gasteiger partial charge in [0.25, 0.3) is 0 Å². The minimum atomic E-state index is -0.397. The molecular weight excluding hydrogens is 168 g/mol. The minimum absolute atomic E-state index is 0.0516. The van der Waals surface area contributed by atoms with E-state index in [1.54, 1.807) is 5.01 Å². The van der Waals surface area contributed by atoms with E-state index >= 15 is 0 Å². The molecule has 0 bridgehead atoms. The summed E-state index contributed by atoms with van der Waals surface area (Å²) in [6.45, 7) is 8.14. The Bertz CT molecular complexity index is 210. The van der Waals surface area contributed by atoms with Crippen LogP contribution in [-0.2, 0) is 9.53 Å². The molecule has 1 aliphatic rings. The van der Waals surface area contributed by atoms with Crippen LogP contribution in [0, 0.1) is 5.92 Å². The summed E-state index contributed by atoms with van der Waals surface area (Å²) in [5.74, 6) is 5.35. The van der Waals surface area contributed by atoms with Crippen LogP contribution in [0.15, 0.2) is 0 Å². The largest absolute Gasteiger partial charge is 0.460 e. The van der Waals surface area contributed by atoms with Crippen LogP contribution in [-0.4, -0.2) is 29.2 Å². The van der Waals surface area contributed by atoms with Gasteiger partial charge in [-0.2, -0.15) is 0 Å². The van der Waals surface area contributed by atoms with Gasteiger partial charge in [0, 0.05) is 12.6 Å². The molecule has 1 saturated heterocycles. The lowest BCUT2D eigenvalue weighted by molar-refractivity contribution is -0.170. The number of esters is 1. The first-order chi connectivity index (χ1) is 5.81. The normalized spacial score (nSPS) is 29.6. The van der Waals surface area contributed by atoms with Crippen LogP contribution in [0.1, 0.15) is 27.7 Å². The number of hydrogen-bond acceptors (Lipinski definition) is 4. The number of rotatable bonds is 1. The predicted octanol–water partition coefficient (Wildman–Crippen LogP) is 0.522. The maximum absolute atomic E-state index is 11.5. The lowest BCUT2D eigenvalue weighted by Gasteiger charge is -2.42. The summed E-state index contributed by atoms with van der Waals surface area (Å²) in [4.78, 5) is 11.5. The molecule has 13 heavy (non-hydrogen) atoms. The standard InChI is InChI=1S/C9H18N2O2/c1-6-7(5-11(6)10)8(12)13-9(2,3)4/h6-7H,5,10H2,1-4H3. The van der Waals surface area contributed by atoms with Crippen molar-refractivity contribution in [3.05, 3.63) is 0 Å². The van der Waals surface area contributed by atoms with E-state index in [1.165, 1.54) is 0 Å². The molecule has 2 unspecified atom stereocenters. The highest BCUT2D eigenvalue weighted by molar-refractivity contribution is 5.75. The number of nitrogens with zero attached hydrogens (tertiary/aromatic N) is 1. The van der Waals surface area contributed by atoms with E-state index in [4.69, 9.17) is 10.6 Å². The third-order valence-corrected chi connectivity index (χ3v) is 2.22. The Hall–Kier alpha value is -0.610. The molecule has 0 aromatic rings. The predicted molar refractivity (Wildman–Crippen MR) is 49.7 cm³/mol. The molecule has 76 valence electrons. The lowest BCUT2D eigenvalue weighted by Crippen LogP contribution is -2.61. The number of nitrogens with two attached hydrogens (primary N) is 1. The Labute approximate surface area is 79.0 Å². The first-order valence-corrected chi connectivity index (χ1v) is 4.55. The van der Waals surface area contributed by atoms with Gasteiger partial charge in [0.1, 0.15) is 5.60 Å². The van der Waals surface area contributed by atoms with Crippen LogP contribution in [0.4, 0.5) is 0 Å². The van der Waals surface area contributed by atoms with Gasteiger partial charge in [-0.25, -0.2) is 5.01 Å². The van der Waals surface area contributed by atoms with Gasteiger partial charge in [-0.3, -0.25) is 10.6 Å². The maximum atomic E-state index is 11.5. The van der Waals surface area contributed by atoms with Crippen LogP contribution in [0.25, 0.3) is 0 Å². The number of hydrazine groups is 1. The van der Waals surface area contributed by atoms with Crippen molar-refractivity contribution >= 4 is 5.97 Å². The van der Waals surface area contributed by atoms with E-state index in [1.807, 2.05) is 27.7 Å². The Morgan fingerprint density at radius 2 is 2.08 bits per heavy atom. The first kappa shape index (κ1) is 10.5. The Balaban J connectivity index is 2.42. The van der Waals surface area contributed by atoms with Crippen molar-refractivity contribution in [1.82, 2.24) is 5.01 Å². The van der Waals surface area contributed by atoms with Gasteiger partial charge in [0.2, 0.25) is 0 Å². The number of ether oxygens (including phenoxy) is 1. The average molecular weight is 186 g/mol. The van der Waals surface area contributed by atoms with Crippen molar-refractivity contribution in [3.63, 3.8) is 0 Å². The molecular formula is C9H18N2O2. The van der Waals surface area contributed by atoms with Crippen molar-refractivity contribution in [2.75, 3.05) is 6.54 Å². The van der Waals surface area contributed by atoms with Crippen LogP contribution < -0.4 is 5.84 Å². The van der Waals surface area contributed by atoms with Crippen LogP contribution in [0.3, 0.4) is 0 Å². The molecule has 4 heteroatoms. The minimum Gasteiger partial charge on any atom is -0.460 e. The summed E-state index contributed by atoms with van der Waals surface area (Å²) in [5.41, 5.74) is -0.397. The molecule has 0 spiro atoms. The molecule has 0 aromatic heterocycles. The fraction of sp³-hybridized carbons (Fsp3) is 0.889. The van der Waals surface area contributed by atoms with Crippen molar-refractivity contribution < 1.29 is 9.53 Å². The summed E-state index contributed by atoms with van der Waals surface area (Å²) in [6, 6.07) is 0.106. The van der Waals surface area contributed by atoms with Gasteiger partial charge in [-0.15, -0.1) is 0 Å². The zero-order chi connectivity index (χ0) is 10.2. The van der Waals surface area contributed by atoms with E-state index in [2.05, 4.69) is 0 Å². The Kier molecular flexibility index (Phi) is 2.63. The topological polar surface area (TPSA) is 55.6 Å². The third-order valence-electron chi connectivity index (χ3n) is 2.22. The summed E-state index contributed by atoms with van der Waals surface area (Å²) < 4.78 is 5.24. The fourth-order valence-corrected chi connectivity index (χ4v) is 1.29. The van der Waals surface area contributed by atoms with E-state index in [-0.39, 0.29) is 17.9 Å². The van der Waals surface area contributed by atoms with E-state index in [0.29, 0.717) is 6.54 Å². The van der Waals surface area contributed by atoms with E-state index in [9.17, 15) is 4.79 Å². The number of carbonyl (C=O) groups is 1. The van der Waals surface area contributed by atoms with Crippen LogP contribution >= 0.6 is 0 Å². The molecule has 2 N–H and O–H groups in total. The summed E-state index contributed by atoms with van der Waals surface area (Å²) in [7, 11) is 0. The molecule has 0 aliphatic carbocycles. The molecule has 0 amide bonds. The van der Waals surface area contributed by atoms with Gasteiger partial charge in [0.15, 0.2) is 0 Å². The molecule has 1 rings (SSSR count). The van der Waals surface area contributed by atoms with Gasteiger partial charge < -0.3 is 4.74 Å². The zero-order valence-corrected chi connectivity index (χ0v) is 8.70. The number of carbonyl (C=O) groups excluding carboxylic acids is 1. The van der Waals surface area contributed by atoms with Gasteiger partial charge in [0.05, 0.1) is 5.92 Å². The maximum Gasteiger partial charge on any atom is 0.312 e. The van der Waals surface area contributed by atoms with Crippen molar-refractivity contribution in [2.45, 2.75) is 39.3 Å². The first-order valence-electron chi connectivity index (χ1n) is 4.55. The van der Waals surface area contributed by atoms with Crippen molar-refractivity contribution in [1.29, 1.82) is 0 Å². The molecule has 4 nitrogen and oxygen atoms in total. The molecule has 0 aromatic carbocycles.